The van der Waals surface area contributed by atoms with Crippen LogP contribution >= 0.6 is 0 Å². The Morgan fingerprint density at radius 1 is 1.10 bits per heavy atom. The van der Waals surface area contributed by atoms with E-state index >= 15 is 0 Å². The monoisotopic (exact) mass is 277 g/mol. The maximum absolute atomic E-state index is 5.19. The molecule has 1 N–H and O–H groups in total. The van der Waals surface area contributed by atoms with Crippen molar-refractivity contribution in [2.45, 2.75) is 47.0 Å². The van der Waals surface area contributed by atoms with Crippen molar-refractivity contribution in [3.05, 3.63) is 29.8 Å². The highest BCUT2D eigenvalue weighted by Crippen LogP contribution is 2.27. The fourth-order valence-electron chi connectivity index (χ4n) is 2.22. The van der Waals surface area contributed by atoms with Crippen molar-refractivity contribution >= 4 is 0 Å². The average molecular weight is 277 g/mol. The molecule has 0 aliphatic heterocycles. The SMILES string of the molecule is COc1ccc(CCC(C)(C)CCNCC(C)C)cc1. The van der Waals surface area contributed by atoms with Crippen LogP contribution in [0.25, 0.3) is 0 Å². The molecule has 0 bridgehead atoms. The smallest absolute Gasteiger partial charge is 0.118 e. The predicted molar refractivity (Wildman–Crippen MR) is 87.4 cm³/mol. The quantitative estimate of drug-likeness (QED) is 0.680. The van der Waals surface area contributed by atoms with Crippen molar-refractivity contribution in [1.82, 2.24) is 5.32 Å². The van der Waals surface area contributed by atoms with Crippen LogP contribution in [0.3, 0.4) is 0 Å². The molecule has 0 spiro atoms. The molecule has 1 aromatic rings. The number of rotatable bonds is 9. The van der Waals surface area contributed by atoms with Crippen molar-refractivity contribution in [3.63, 3.8) is 0 Å². The van der Waals surface area contributed by atoms with Gasteiger partial charge in [-0.1, -0.05) is 39.8 Å². The van der Waals surface area contributed by atoms with E-state index in [1.807, 2.05) is 12.1 Å². The zero-order chi connectivity index (χ0) is 15.0. The highest BCUT2D eigenvalue weighted by molar-refractivity contribution is 5.27. The third kappa shape index (κ3) is 6.95. The lowest BCUT2D eigenvalue weighted by molar-refractivity contribution is 0.300. The summed E-state index contributed by atoms with van der Waals surface area (Å²) in [6, 6.07) is 8.44. The molecule has 0 amide bonds. The minimum atomic E-state index is 0.393. The summed E-state index contributed by atoms with van der Waals surface area (Å²) in [5.74, 6) is 1.67. The Kier molecular flexibility index (Phi) is 7.08. The van der Waals surface area contributed by atoms with Gasteiger partial charge < -0.3 is 10.1 Å². The molecule has 0 fully saturated rings. The molecule has 0 saturated heterocycles. The molecular weight excluding hydrogens is 246 g/mol. The summed E-state index contributed by atoms with van der Waals surface area (Å²) in [4.78, 5) is 0. The van der Waals surface area contributed by atoms with Gasteiger partial charge in [-0.05, 0) is 61.4 Å². The Morgan fingerprint density at radius 2 is 1.75 bits per heavy atom. The summed E-state index contributed by atoms with van der Waals surface area (Å²) >= 11 is 0. The van der Waals surface area contributed by atoms with Crippen LogP contribution in [0.2, 0.25) is 0 Å². The maximum atomic E-state index is 5.19. The van der Waals surface area contributed by atoms with Crippen LogP contribution in [-0.2, 0) is 6.42 Å². The molecule has 0 unspecified atom stereocenters. The van der Waals surface area contributed by atoms with Gasteiger partial charge in [-0.3, -0.25) is 0 Å². The van der Waals surface area contributed by atoms with Gasteiger partial charge in [0, 0.05) is 0 Å². The van der Waals surface area contributed by atoms with E-state index < -0.39 is 0 Å². The number of benzene rings is 1. The Labute approximate surface area is 124 Å². The molecule has 0 aromatic heterocycles. The number of nitrogens with one attached hydrogen (secondary N) is 1. The van der Waals surface area contributed by atoms with Crippen LogP contribution in [0.1, 0.15) is 46.1 Å². The second-order valence-corrected chi connectivity index (χ2v) is 6.86. The van der Waals surface area contributed by atoms with E-state index in [1.54, 1.807) is 7.11 Å². The second kappa shape index (κ2) is 8.31. The molecule has 0 radical (unpaired) electrons. The van der Waals surface area contributed by atoms with E-state index in [0.717, 1.165) is 31.2 Å². The van der Waals surface area contributed by atoms with Gasteiger partial charge in [-0.2, -0.15) is 0 Å². The summed E-state index contributed by atoms with van der Waals surface area (Å²) in [5.41, 5.74) is 1.79. The van der Waals surface area contributed by atoms with Crippen molar-refractivity contribution < 1.29 is 4.74 Å². The highest BCUT2D eigenvalue weighted by atomic mass is 16.5. The van der Waals surface area contributed by atoms with Crippen molar-refractivity contribution in [2.24, 2.45) is 11.3 Å². The van der Waals surface area contributed by atoms with E-state index in [0.29, 0.717) is 5.41 Å². The fraction of sp³-hybridized carbons (Fsp3) is 0.667. The van der Waals surface area contributed by atoms with Crippen LogP contribution in [0.5, 0.6) is 5.75 Å². The van der Waals surface area contributed by atoms with Crippen molar-refractivity contribution in [1.29, 1.82) is 0 Å². The maximum Gasteiger partial charge on any atom is 0.118 e. The number of aryl methyl sites for hydroxylation is 1. The molecule has 0 saturated carbocycles. The van der Waals surface area contributed by atoms with Gasteiger partial charge in [-0.15, -0.1) is 0 Å². The molecule has 1 aromatic carbocycles. The number of hydrogen-bond acceptors (Lipinski definition) is 2. The summed E-state index contributed by atoms with van der Waals surface area (Å²) in [5, 5.41) is 3.54. The number of hydrogen-bond donors (Lipinski definition) is 1. The minimum Gasteiger partial charge on any atom is -0.497 e. The minimum absolute atomic E-state index is 0.393. The van der Waals surface area contributed by atoms with E-state index in [2.05, 4.69) is 45.1 Å². The summed E-state index contributed by atoms with van der Waals surface area (Å²) in [6.45, 7) is 11.5. The third-order valence-corrected chi connectivity index (χ3v) is 3.78. The molecule has 0 aliphatic carbocycles. The van der Waals surface area contributed by atoms with E-state index in [4.69, 9.17) is 4.74 Å². The van der Waals surface area contributed by atoms with Gasteiger partial charge in [0.25, 0.3) is 0 Å². The fourth-order valence-corrected chi connectivity index (χ4v) is 2.22. The molecule has 0 aliphatic rings. The Hall–Kier alpha value is -1.02. The Balaban J connectivity index is 2.30. The molecule has 2 heteroatoms. The zero-order valence-corrected chi connectivity index (χ0v) is 13.8. The van der Waals surface area contributed by atoms with E-state index in [-0.39, 0.29) is 0 Å². The number of ether oxygens (including phenoxy) is 1. The van der Waals surface area contributed by atoms with Gasteiger partial charge in [-0.25, -0.2) is 0 Å². The lowest BCUT2D eigenvalue weighted by atomic mass is 9.83. The molecule has 2 nitrogen and oxygen atoms in total. The predicted octanol–water partition coefficient (Wildman–Crippen LogP) is 4.29. The van der Waals surface area contributed by atoms with Crippen molar-refractivity contribution in [2.75, 3.05) is 20.2 Å². The molecule has 1 rings (SSSR count). The van der Waals surface area contributed by atoms with Gasteiger partial charge in [0.15, 0.2) is 0 Å². The number of methoxy groups -OCH3 is 1. The molecule has 0 heterocycles. The lowest BCUT2D eigenvalue weighted by Crippen LogP contribution is -2.25. The van der Waals surface area contributed by atoms with E-state index in [1.165, 1.54) is 18.4 Å². The third-order valence-electron chi connectivity index (χ3n) is 3.78. The van der Waals surface area contributed by atoms with Gasteiger partial charge in [0.05, 0.1) is 7.11 Å². The topological polar surface area (TPSA) is 21.3 Å². The first-order chi connectivity index (χ1) is 9.43. The molecule has 20 heavy (non-hydrogen) atoms. The Bertz CT molecular complexity index is 368. The molecular formula is C18H31NO. The average Bonchev–Trinajstić information content (AvgIpc) is 2.42. The second-order valence-electron chi connectivity index (χ2n) is 6.86. The molecule has 114 valence electrons. The Morgan fingerprint density at radius 3 is 2.30 bits per heavy atom. The largest absolute Gasteiger partial charge is 0.497 e. The van der Waals surface area contributed by atoms with Crippen LogP contribution in [0.4, 0.5) is 0 Å². The van der Waals surface area contributed by atoms with E-state index in [9.17, 15) is 0 Å². The van der Waals surface area contributed by atoms with Gasteiger partial charge >= 0.3 is 0 Å². The first-order valence-corrected chi connectivity index (χ1v) is 7.76. The summed E-state index contributed by atoms with van der Waals surface area (Å²) < 4.78 is 5.19. The van der Waals surface area contributed by atoms with Crippen LogP contribution < -0.4 is 10.1 Å². The van der Waals surface area contributed by atoms with Crippen LogP contribution in [0.15, 0.2) is 24.3 Å². The zero-order valence-electron chi connectivity index (χ0n) is 13.8. The van der Waals surface area contributed by atoms with Crippen molar-refractivity contribution in [3.8, 4) is 5.75 Å². The standard InChI is InChI=1S/C18H31NO/c1-15(2)14-19-13-12-18(3,4)11-10-16-6-8-17(20-5)9-7-16/h6-9,15,19H,10-14H2,1-5H3. The summed E-state index contributed by atoms with van der Waals surface area (Å²) in [6.07, 6.45) is 3.60. The summed E-state index contributed by atoms with van der Waals surface area (Å²) in [7, 11) is 1.71. The van der Waals surface area contributed by atoms with Gasteiger partial charge in [0.1, 0.15) is 5.75 Å². The normalized spacial score (nSPS) is 11.9. The first kappa shape index (κ1) is 17.0. The first-order valence-electron chi connectivity index (χ1n) is 7.76. The lowest BCUT2D eigenvalue weighted by Gasteiger charge is -2.25. The van der Waals surface area contributed by atoms with Crippen LogP contribution in [-0.4, -0.2) is 20.2 Å². The van der Waals surface area contributed by atoms with Crippen LogP contribution in [0, 0.1) is 11.3 Å². The van der Waals surface area contributed by atoms with Gasteiger partial charge in [0.2, 0.25) is 0 Å². The highest BCUT2D eigenvalue weighted by Gasteiger charge is 2.17. The molecule has 0 atom stereocenters.